The van der Waals surface area contributed by atoms with Gasteiger partial charge in [0.15, 0.2) is 0 Å². The van der Waals surface area contributed by atoms with Crippen LogP contribution in [0.5, 0.6) is 0 Å². The minimum atomic E-state index is -3.83. The molecule has 0 aliphatic heterocycles. The van der Waals surface area contributed by atoms with E-state index in [2.05, 4.69) is 0 Å². The average Bonchev–Trinajstić information content (AvgIpc) is 2.01. The molecule has 0 aromatic heterocycles. The molecule has 0 spiro atoms. The van der Waals surface area contributed by atoms with Gasteiger partial charge in [0, 0.05) is 10.7 Å². The zero-order chi connectivity index (χ0) is 10.8. The quantitative estimate of drug-likeness (QED) is 0.756. The van der Waals surface area contributed by atoms with Gasteiger partial charge in [-0.1, -0.05) is 30.3 Å². The molecular weight excluding hydrogens is 227 g/mol. The lowest BCUT2D eigenvalue weighted by Gasteiger charge is -2.18. The minimum absolute atomic E-state index is 0.309. The predicted molar refractivity (Wildman–Crippen MR) is 54.5 cm³/mol. The minimum Gasteiger partial charge on any atom is -0.238 e. The third-order valence-electron chi connectivity index (χ3n) is 1.82. The van der Waals surface area contributed by atoms with Gasteiger partial charge in [-0.05, 0) is 12.5 Å². The van der Waals surface area contributed by atoms with Gasteiger partial charge in [0.2, 0.25) is 9.05 Å². The molecule has 1 rings (SSSR count). The summed E-state index contributed by atoms with van der Waals surface area (Å²) in [7, 11) is 1.17. The summed E-state index contributed by atoms with van der Waals surface area (Å²) >= 11 is 0. The van der Waals surface area contributed by atoms with Crippen molar-refractivity contribution in [1.82, 2.24) is 0 Å². The topological polar surface area (TPSA) is 34.1 Å². The van der Waals surface area contributed by atoms with Gasteiger partial charge in [-0.2, -0.15) is 0 Å². The van der Waals surface area contributed by atoms with Gasteiger partial charge in [0.25, 0.3) is 0 Å². The number of hydrogen-bond donors (Lipinski definition) is 0. The Hall–Kier alpha value is -0.610. The Balaban J connectivity index is 2.97. The molecule has 1 aromatic carbocycles. The molecular formula is C9H10ClFO2S. The molecule has 0 radical (unpaired) electrons. The lowest BCUT2D eigenvalue weighted by atomic mass is 10.0. The van der Waals surface area contributed by atoms with E-state index in [1.54, 1.807) is 18.2 Å². The van der Waals surface area contributed by atoms with E-state index in [-0.39, 0.29) is 0 Å². The van der Waals surface area contributed by atoms with Crippen LogP contribution < -0.4 is 0 Å². The third-order valence-corrected chi connectivity index (χ3v) is 3.03. The van der Waals surface area contributed by atoms with Gasteiger partial charge in [-0.15, -0.1) is 0 Å². The molecule has 0 aliphatic carbocycles. The Labute approximate surface area is 87.1 Å². The lowest BCUT2D eigenvalue weighted by Crippen LogP contribution is -2.24. The Morgan fingerprint density at radius 3 is 2.29 bits per heavy atom. The zero-order valence-corrected chi connectivity index (χ0v) is 9.15. The highest BCUT2D eigenvalue weighted by atomic mass is 35.7. The number of hydrogen-bond acceptors (Lipinski definition) is 2. The third kappa shape index (κ3) is 3.27. The largest absolute Gasteiger partial charge is 0.238 e. The van der Waals surface area contributed by atoms with Crippen molar-refractivity contribution < 1.29 is 12.8 Å². The molecule has 0 fully saturated rings. The maximum Gasteiger partial charge on any atom is 0.236 e. The smallest absolute Gasteiger partial charge is 0.236 e. The highest BCUT2D eigenvalue weighted by Gasteiger charge is 2.31. The normalized spacial score (nSPS) is 16.2. The first-order valence-corrected chi connectivity index (χ1v) is 6.46. The Morgan fingerprint density at radius 1 is 1.36 bits per heavy atom. The molecule has 1 unspecified atom stereocenters. The van der Waals surface area contributed by atoms with Crippen LogP contribution in [0.3, 0.4) is 0 Å². The van der Waals surface area contributed by atoms with Gasteiger partial charge in [-0.3, -0.25) is 0 Å². The maximum absolute atomic E-state index is 13.9. The molecule has 0 amide bonds. The SMILES string of the molecule is CC(F)(CS(=O)(=O)Cl)c1ccccc1. The Bertz CT molecular complexity index is 400. The number of alkyl halides is 1. The molecule has 0 saturated heterocycles. The van der Waals surface area contributed by atoms with Crippen LogP contribution in [0.15, 0.2) is 30.3 Å². The first-order chi connectivity index (χ1) is 6.31. The summed E-state index contributed by atoms with van der Waals surface area (Å²) in [5.41, 5.74) is -1.63. The molecule has 78 valence electrons. The van der Waals surface area contributed by atoms with Gasteiger partial charge >= 0.3 is 0 Å². The van der Waals surface area contributed by atoms with Gasteiger partial charge in [0.1, 0.15) is 11.4 Å². The van der Waals surface area contributed by atoms with Crippen LogP contribution in [0.1, 0.15) is 12.5 Å². The van der Waals surface area contributed by atoms with Crippen molar-refractivity contribution in [2.45, 2.75) is 12.6 Å². The highest BCUT2D eigenvalue weighted by molar-refractivity contribution is 8.13. The van der Waals surface area contributed by atoms with Crippen molar-refractivity contribution in [3.8, 4) is 0 Å². The van der Waals surface area contributed by atoms with Crippen LogP contribution in [0.25, 0.3) is 0 Å². The molecule has 0 saturated carbocycles. The second-order valence-corrected chi connectivity index (χ2v) is 6.02. The molecule has 1 aromatic rings. The maximum atomic E-state index is 13.9. The summed E-state index contributed by atoms with van der Waals surface area (Å²) in [6, 6.07) is 8.08. The van der Waals surface area contributed by atoms with Gasteiger partial charge < -0.3 is 0 Å². The zero-order valence-electron chi connectivity index (χ0n) is 7.57. The van der Waals surface area contributed by atoms with Crippen molar-refractivity contribution in [2.24, 2.45) is 0 Å². The summed E-state index contributed by atoms with van der Waals surface area (Å²) in [5.74, 6) is -0.717. The van der Waals surface area contributed by atoms with Crippen molar-refractivity contribution >= 4 is 19.7 Å². The summed E-state index contributed by atoms with van der Waals surface area (Å²) in [5, 5.41) is 0. The van der Waals surface area contributed by atoms with Gasteiger partial charge in [-0.25, -0.2) is 12.8 Å². The predicted octanol–water partition coefficient (Wildman–Crippen LogP) is 2.44. The van der Waals surface area contributed by atoms with Crippen LogP contribution >= 0.6 is 10.7 Å². The summed E-state index contributed by atoms with van der Waals surface area (Å²) in [6.07, 6.45) is 0. The standard InChI is InChI=1S/C9H10ClFO2S/c1-9(11,7-14(10,12)13)8-5-3-2-4-6-8/h2-6H,7H2,1H3. The number of halogens is 2. The van der Waals surface area contributed by atoms with Gasteiger partial charge in [0.05, 0.1) is 0 Å². The first kappa shape index (κ1) is 11.5. The molecule has 14 heavy (non-hydrogen) atoms. The number of benzene rings is 1. The summed E-state index contributed by atoms with van der Waals surface area (Å²) in [4.78, 5) is 0. The summed E-state index contributed by atoms with van der Waals surface area (Å²) in [6.45, 7) is 1.20. The monoisotopic (exact) mass is 236 g/mol. The average molecular weight is 237 g/mol. The molecule has 0 bridgehead atoms. The van der Waals surface area contributed by atoms with Crippen molar-refractivity contribution in [1.29, 1.82) is 0 Å². The molecule has 0 heterocycles. The molecule has 0 N–H and O–H groups in total. The second kappa shape index (κ2) is 3.87. The van der Waals surface area contributed by atoms with Crippen LogP contribution in [0.2, 0.25) is 0 Å². The second-order valence-electron chi connectivity index (χ2n) is 3.25. The van der Waals surface area contributed by atoms with E-state index < -0.39 is 20.5 Å². The molecule has 1 atom stereocenters. The molecule has 2 nitrogen and oxygen atoms in total. The van der Waals surface area contributed by atoms with Crippen molar-refractivity contribution in [3.63, 3.8) is 0 Å². The van der Waals surface area contributed by atoms with Crippen LogP contribution in [0.4, 0.5) is 4.39 Å². The summed E-state index contributed by atoms with van der Waals surface area (Å²) < 4.78 is 35.3. The highest BCUT2D eigenvalue weighted by Crippen LogP contribution is 2.27. The van der Waals surface area contributed by atoms with E-state index in [1.165, 1.54) is 19.1 Å². The van der Waals surface area contributed by atoms with E-state index in [0.29, 0.717) is 5.56 Å². The fraction of sp³-hybridized carbons (Fsp3) is 0.333. The van der Waals surface area contributed by atoms with Crippen molar-refractivity contribution in [3.05, 3.63) is 35.9 Å². The Kier molecular flexibility index (Phi) is 3.17. The van der Waals surface area contributed by atoms with Crippen molar-refractivity contribution in [2.75, 3.05) is 5.75 Å². The van der Waals surface area contributed by atoms with E-state index in [9.17, 15) is 12.8 Å². The van der Waals surface area contributed by atoms with E-state index in [1.807, 2.05) is 0 Å². The van der Waals surface area contributed by atoms with E-state index in [0.717, 1.165) is 0 Å². The van der Waals surface area contributed by atoms with E-state index in [4.69, 9.17) is 10.7 Å². The lowest BCUT2D eigenvalue weighted by molar-refractivity contribution is 0.225. The molecule has 5 heteroatoms. The van der Waals surface area contributed by atoms with Crippen LogP contribution in [-0.2, 0) is 14.7 Å². The fourth-order valence-electron chi connectivity index (χ4n) is 1.19. The Morgan fingerprint density at radius 2 is 1.86 bits per heavy atom. The molecule has 0 aliphatic rings. The number of rotatable bonds is 3. The van der Waals surface area contributed by atoms with E-state index >= 15 is 0 Å². The van der Waals surface area contributed by atoms with Crippen LogP contribution in [0, 0.1) is 0 Å². The first-order valence-electron chi connectivity index (χ1n) is 3.98. The van der Waals surface area contributed by atoms with Crippen LogP contribution in [-0.4, -0.2) is 14.2 Å². The fourth-order valence-corrected chi connectivity index (χ4v) is 2.62.